The molecule has 1 aromatic carbocycles. The van der Waals surface area contributed by atoms with Crippen molar-refractivity contribution in [3.05, 3.63) is 34.9 Å². The van der Waals surface area contributed by atoms with Gasteiger partial charge in [0, 0.05) is 11.1 Å². The Bertz CT molecular complexity index is 506. The third-order valence-corrected chi connectivity index (χ3v) is 4.78. The molecule has 0 radical (unpaired) electrons. The first-order chi connectivity index (χ1) is 10.1. The molecular weight excluding hydrogens is 288 g/mol. The summed E-state index contributed by atoms with van der Waals surface area (Å²) in [5, 5.41) is 16.3. The molecule has 0 unspecified atom stereocenters. The second kappa shape index (κ2) is 5.85. The molecule has 0 bridgehead atoms. The van der Waals surface area contributed by atoms with E-state index in [1.54, 1.807) is 0 Å². The zero-order valence-electron chi connectivity index (χ0n) is 11.9. The molecule has 0 saturated heterocycles. The molecule has 0 aromatic heterocycles. The van der Waals surface area contributed by atoms with Crippen LogP contribution in [0.5, 0.6) is 0 Å². The van der Waals surface area contributed by atoms with Crippen molar-refractivity contribution in [3.8, 4) is 0 Å². The maximum atomic E-state index is 12.2. The number of carbonyl (C=O) groups excluding carboxylic acids is 1. The summed E-state index contributed by atoms with van der Waals surface area (Å²) in [5.74, 6) is 0. The lowest BCUT2D eigenvalue weighted by Crippen LogP contribution is -2.47. The number of aliphatic hydroxyl groups is 1. The molecule has 0 spiro atoms. The van der Waals surface area contributed by atoms with E-state index in [-0.39, 0.29) is 23.7 Å². The quantitative estimate of drug-likeness (QED) is 0.804. The van der Waals surface area contributed by atoms with E-state index in [1.807, 2.05) is 24.3 Å². The summed E-state index contributed by atoms with van der Waals surface area (Å²) >= 11 is 5.91. The monoisotopic (exact) mass is 308 g/mol. The van der Waals surface area contributed by atoms with Crippen molar-refractivity contribution >= 4 is 17.6 Å². The summed E-state index contributed by atoms with van der Waals surface area (Å²) in [7, 11) is 0. The van der Waals surface area contributed by atoms with Gasteiger partial charge in [0.05, 0.1) is 11.6 Å². The molecule has 2 aliphatic carbocycles. The van der Waals surface area contributed by atoms with Gasteiger partial charge in [-0.15, -0.1) is 0 Å². The summed E-state index contributed by atoms with van der Waals surface area (Å²) in [6.07, 6.45) is 4.97. The van der Waals surface area contributed by atoms with Crippen LogP contribution in [0.4, 0.5) is 4.79 Å². The highest BCUT2D eigenvalue weighted by Crippen LogP contribution is 2.45. The summed E-state index contributed by atoms with van der Waals surface area (Å²) in [6, 6.07) is 7.75. The molecule has 2 aliphatic rings. The van der Waals surface area contributed by atoms with Crippen molar-refractivity contribution in [1.82, 2.24) is 10.6 Å². The van der Waals surface area contributed by atoms with E-state index < -0.39 is 0 Å². The van der Waals surface area contributed by atoms with Crippen LogP contribution < -0.4 is 10.6 Å². The van der Waals surface area contributed by atoms with Crippen molar-refractivity contribution in [2.75, 3.05) is 0 Å². The number of rotatable bonds is 3. The fourth-order valence-electron chi connectivity index (χ4n) is 3.04. The molecule has 0 heterocycles. The van der Waals surface area contributed by atoms with Gasteiger partial charge in [-0.05, 0) is 56.2 Å². The summed E-state index contributed by atoms with van der Waals surface area (Å²) in [4.78, 5) is 12.2. The Morgan fingerprint density at radius 3 is 2.33 bits per heavy atom. The molecule has 5 heteroatoms. The van der Waals surface area contributed by atoms with Gasteiger partial charge in [0.25, 0.3) is 0 Å². The molecule has 1 aromatic rings. The number of nitrogens with one attached hydrogen (secondary N) is 2. The minimum Gasteiger partial charge on any atom is -0.393 e. The van der Waals surface area contributed by atoms with E-state index in [4.69, 9.17) is 11.6 Å². The van der Waals surface area contributed by atoms with Gasteiger partial charge in [-0.1, -0.05) is 23.7 Å². The molecule has 114 valence electrons. The lowest BCUT2D eigenvalue weighted by atomic mass is 9.93. The molecule has 21 heavy (non-hydrogen) atoms. The Hall–Kier alpha value is -1.26. The SMILES string of the molecule is O=C(NC1CCC(O)CC1)NC1(c2ccc(Cl)cc2)CC1. The van der Waals surface area contributed by atoms with Crippen LogP contribution in [0.2, 0.25) is 5.02 Å². The van der Waals surface area contributed by atoms with Gasteiger partial charge in [0.2, 0.25) is 0 Å². The number of hydrogen-bond donors (Lipinski definition) is 3. The second-order valence-corrected chi connectivity index (χ2v) is 6.63. The largest absolute Gasteiger partial charge is 0.393 e. The Balaban J connectivity index is 1.56. The average molecular weight is 309 g/mol. The van der Waals surface area contributed by atoms with Crippen molar-refractivity contribution in [2.45, 2.75) is 56.2 Å². The van der Waals surface area contributed by atoms with Gasteiger partial charge in [-0.3, -0.25) is 0 Å². The molecule has 3 N–H and O–H groups in total. The predicted octanol–water partition coefficient (Wildman–Crippen LogP) is 2.93. The van der Waals surface area contributed by atoms with Gasteiger partial charge >= 0.3 is 6.03 Å². The maximum Gasteiger partial charge on any atom is 0.315 e. The first kappa shape index (κ1) is 14.7. The molecule has 0 aliphatic heterocycles. The molecule has 2 fully saturated rings. The van der Waals surface area contributed by atoms with Crippen molar-refractivity contribution in [2.24, 2.45) is 0 Å². The molecular formula is C16H21ClN2O2. The van der Waals surface area contributed by atoms with Crippen LogP contribution in [-0.2, 0) is 5.54 Å². The second-order valence-electron chi connectivity index (χ2n) is 6.19. The molecule has 2 amide bonds. The average Bonchev–Trinajstić information content (AvgIpc) is 3.23. The number of halogens is 1. The Morgan fingerprint density at radius 1 is 1.14 bits per heavy atom. The normalized spacial score (nSPS) is 27.0. The van der Waals surface area contributed by atoms with E-state index in [0.29, 0.717) is 5.02 Å². The predicted molar refractivity (Wildman–Crippen MR) is 82.3 cm³/mol. The minimum atomic E-state index is -0.219. The van der Waals surface area contributed by atoms with E-state index in [0.717, 1.165) is 44.1 Å². The molecule has 2 saturated carbocycles. The van der Waals surface area contributed by atoms with Gasteiger partial charge < -0.3 is 15.7 Å². The fraction of sp³-hybridized carbons (Fsp3) is 0.562. The first-order valence-electron chi connectivity index (χ1n) is 7.60. The Labute approximate surface area is 129 Å². The highest BCUT2D eigenvalue weighted by atomic mass is 35.5. The number of urea groups is 1. The van der Waals surface area contributed by atoms with E-state index >= 15 is 0 Å². The van der Waals surface area contributed by atoms with Crippen molar-refractivity contribution in [3.63, 3.8) is 0 Å². The van der Waals surface area contributed by atoms with Crippen LogP contribution in [0.3, 0.4) is 0 Å². The standard InChI is InChI=1S/C16H21ClN2O2/c17-12-3-1-11(2-4-12)16(9-10-16)19-15(21)18-13-5-7-14(20)8-6-13/h1-4,13-14,20H,5-10H2,(H2,18,19,21). The van der Waals surface area contributed by atoms with Crippen molar-refractivity contribution < 1.29 is 9.90 Å². The van der Waals surface area contributed by atoms with Crippen LogP contribution in [0.15, 0.2) is 24.3 Å². The van der Waals surface area contributed by atoms with Crippen LogP contribution in [-0.4, -0.2) is 23.3 Å². The zero-order chi connectivity index (χ0) is 14.9. The topological polar surface area (TPSA) is 61.4 Å². The van der Waals surface area contributed by atoms with E-state index in [1.165, 1.54) is 0 Å². The summed E-state index contributed by atoms with van der Waals surface area (Å²) < 4.78 is 0. The van der Waals surface area contributed by atoms with Crippen LogP contribution in [0.1, 0.15) is 44.1 Å². The highest BCUT2D eigenvalue weighted by Gasteiger charge is 2.45. The van der Waals surface area contributed by atoms with Crippen LogP contribution in [0, 0.1) is 0 Å². The number of hydrogen-bond acceptors (Lipinski definition) is 2. The fourth-order valence-corrected chi connectivity index (χ4v) is 3.16. The number of carbonyl (C=O) groups is 1. The molecule has 4 nitrogen and oxygen atoms in total. The van der Waals surface area contributed by atoms with Crippen LogP contribution in [0.25, 0.3) is 0 Å². The van der Waals surface area contributed by atoms with E-state index in [9.17, 15) is 9.90 Å². The lowest BCUT2D eigenvalue weighted by Gasteiger charge is -2.27. The van der Waals surface area contributed by atoms with Gasteiger partial charge in [-0.2, -0.15) is 0 Å². The van der Waals surface area contributed by atoms with E-state index in [2.05, 4.69) is 10.6 Å². The first-order valence-corrected chi connectivity index (χ1v) is 7.98. The van der Waals surface area contributed by atoms with Gasteiger partial charge in [0.1, 0.15) is 0 Å². The van der Waals surface area contributed by atoms with Gasteiger partial charge in [-0.25, -0.2) is 4.79 Å². The zero-order valence-corrected chi connectivity index (χ0v) is 12.7. The minimum absolute atomic E-state index is 0.108. The van der Waals surface area contributed by atoms with Crippen molar-refractivity contribution in [1.29, 1.82) is 0 Å². The smallest absolute Gasteiger partial charge is 0.315 e. The third-order valence-electron chi connectivity index (χ3n) is 4.53. The number of benzene rings is 1. The third kappa shape index (κ3) is 3.50. The molecule has 3 rings (SSSR count). The lowest BCUT2D eigenvalue weighted by molar-refractivity contribution is 0.117. The Morgan fingerprint density at radius 2 is 1.76 bits per heavy atom. The maximum absolute atomic E-state index is 12.2. The number of aliphatic hydroxyl groups excluding tert-OH is 1. The van der Waals surface area contributed by atoms with Crippen LogP contribution >= 0.6 is 11.6 Å². The summed E-state index contributed by atoms with van der Waals surface area (Å²) in [6.45, 7) is 0. The molecule has 0 atom stereocenters. The Kier molecular flexibility index (Phi) is 4.09. The summed E-state index contributed by atoms with van der Waals surface area (Å²) in [5.41, 5.74) is 0.893. The highest BCUT2D eigenvalue weighted by molar-refractivity contribution is 6.30. The van der Waals surface area contributed by atoms with Gasteiger partial charge in [0.15, 0.2) is 0 Å². The number of amides is 2.